The summed E-state index contributed by atoms with van der Waals surface area (Å²) in [5.74, 6) is 0.995. The second kappa shape index (κ2) is 9.19. The van der Waals surface area contributed by atoms with Crippen LogP contribution in [0.15, 0.2) is 59.6 Å². The fourth-order valence-electron chi connectivity index (χ4n) is 2.66. The smallest absolute Gasteiger partial charge is 0.257 e. The Hall–Kier alpha value is -3.37. The van der Waals surface area contributed by atoms with E-state index in [0.29, 0.717) is 23.1 Å². The van der Waals surface area contributed by atoms with Crippen LogP contribution in [0.1, 0.15) is 17.3 Å². The minimum Gasteiger partial charge on any atom is -0.488 e. The third kappa shape index (κ3) is 6.06. The number of hydrogen-bond donors (Lipinski definition) is 2. The van der Waals surface area contributed by atoms with E-state index in [9.17, 15) is 18.3 Å². The van der Waals surface area contributed by atoms with Crippen molar-refractivity contribution in [3.63, 3.8) is 0 Å². The molecule has 1 heterocycles. The number of aliphatic hydroxyl groups excluding tert-OH is 1. The monoisotopic (exact) mass is 445 g/mol. The summed E-state index contributed by atoms with van der Waals surface area (Å²) >= 11 is 0. The van der Waals surface area contributed by atoms with E-state index in [1.807, 2.05) is 0 Å². The summed E-state index contributed by atoms with van der Waals surface area (Å²) in [7, 11) is -1.58. The van der Waals surface area contributed by atoms with Crippen LogP contribution < -0.4 is 14.8 Å². The first-order valence-electron chi connectivity index (χ1n) is 9.35. The van der Waals surface area contributed by atoms with Gasteiger partial charge >= 0.3 is 0 Å². The van der Waals surface area contributed by atoms with Crippen molar-refractivity contribution in [1.29, 1.82) is 0 Å². The number of nitrogens with one attached hydrogen (secondary N) is 1. The molecule has 0 aliphatic rings. The van der Waals surface area contributed by atoms with Crippen molar-refractivity contribution in [2.75, 3.05) is 18.2 Å². The lowest BCUT2D eigenvalue weighted by molar-refractivity contribution is 0.102. The Kier molecular flexibility index (Phi) is 6.62. The van der Waals surface area contributed by atoms with Crippen molar-refractivity contribution in [1.82, 2.24) is 9.78 Å². The first kappa shape index (κ1) is 22.3. The van der Waals surface area contributed by atoms with Gasteiger partial charge in [0.05, 0.1) is 11.5 Å². The van der Waals surface area contributed by atoms with E-state index in [4.69, 9.17) is 9.47 Å². The molecule has 9 nitrogen and oxygen atoms in total. The van der Waals surface area contributed by atoms with E-state index < -0.39 is 21.8 Å². The van der Waals surface area contributed by atoms with Crippen LogP contribution in [0.3, 0.4) is 0 Å². The zero-order valence-electron chi connectivity index (χ0n) is 17.3. The molecule has 0 radical (unpaired) electrons. The van der Waals surface area contributed by atoms with Crippen LogP contribution in [-0.2, 0) is 16.9 Å². The Bertz CT molecular complexity index is 1170. The molecule has 1 unspecified atom stereocenters. The van der Waals surface area contributed by atoms with Gasteiger partial charge in [0.1, 0.15) is 23.4 Å². The Morgan fingerprint density at radius 3 is 2.39 bits per heavy atom. The Morgan fingerprint density at radius 2 is 1.81 bits per heavy atom. The van der Waals surface area contributed by atoms with Gasteiger partial charge in [-0.05, 0) is 43.3 Å². The molecule has 3 aromatic rings. The first-order valence-corrected chi connectivity index (χ1v) is 11.2. The lowest BCUT2D eigenvalue weighted by Crippen LogP contribution is -2.17. The minimum absolute atomic E-state index is 0.170. The molecule has 0 bridgehead atoms. The highest BCUT2D eigenvalue weighted by molar-refractivity contribution is 7.90. The summed E-state index contributed by atoms with van der Waals surface area (Å²) in [6.07, 6.45) is 2.33. The number of anilines is 1. The van der Waals surface area contributed by atoms with E-state index in [1.165, 1.54) is 36.4 Å². The molecule has 0 saturated carbocycles. The number of aryl methyl sites for hydroxylation is 1. The maximum absolute atomic E-state index is 12.7. The lowest BCUT2D eigenvalue weighted by Gasteiger charge is -2.15. The number of aliphatic hydroxyl groups is 1. The molecule has 0 aliphatic heterocycles. The summed E-state index contributed by atoms with van der Waals surface area (Å²) in [4.78, 5) is 12.9. The highest BCUT2D eigenvalue weighted by atomic mass is 32.2. The van der Waals surface area contributed by atoms with Crippen molar-refractivity contribution in [3.8, 4) is 17.2 Å². The average Bonchev–Trinajstić information content (AvgIpc) is 3.12. The number of benzene rings is 2. The van der Waals surface area contributed by atoms with E-state index in [-0.39, 0.29) is 17.1 Å². The Morgan fingerprint density at radius 1 is 1.13 bits per heavy atom. The predicted octanol–water partition coefficient (Wildman–Crippen LogP) is 2.63. The number of rotatable bonds is 8. The van der Waals surface area contributed by atoms with Gasteiger partial charge in [-0.3, -0.25) is 9.48 Å². The molecule has 1 aromatic heterocycles. The molecule has 0 aliphatic carbocycles. The van der Waals surface area contributed by atoms with E-state index in [2.05, 4.69) is 10.4 Å². The third-order valence-electron chi connectivity index (χ3n) is 4.18. The Labute approximate surface area is 180 Å². The number of hydrogen-bond acceptors (Lipinski definition) is 7. The molecule has 0 fully saturated rings. The summed E-state index contributed by atoms with van der Waals surface area (Å²) in [6.45, 7) is 1.48. The number of aromatic nitrogens is 2. The van der Waals surface area contributed by atoms with E-state index >= 15 is 0 Å². The topological polar surface area (TPSA) is 120 Å². The number of amides is 1. The SMILES string of the molecule is CC(CO)Oc1cc(Oc2ccc(S(C)(=O)=O)cc2)cc(C(=O)Nc2ccn(C)n2)c1. The number of nitrogens with zero attached hydrogens (tertiary/aromatic N) is 2. The molecular weight excluding hydrogens is 422 g/mol. The minimum atomic E-state index is -3.32. The number of carbonyl (C=O) groups is 1. The quantitative estimate of drug-likeness (QED) is 0.547. The molecule has 0 spiro atoms. The van der Waals surface area contributed by atoms with Gasteiger partial charge in [0.25, 0.3) is 5.91 Å². The van der Waals surface area contributed by atoms with Crippen LogP contribution in [0.4, 0.5) is 5.82 Å². The van der Waals surface area contributed by atoms with Crippen molar-refractivity contribution in [3.05, 3.63) is 60.3 Å². The van der Waals surface area contributed by atoms with Gasteiger partial charge in [-0.2, -0.15) is 5.10 Å². The molecule has 31 heavy (non-hydrogen) atoms. The van der Waals surface area contributed by atoms with Crippen molar-refractivity contribution in [2.24, 2.45) is 7.05 Å². The number of ether oxygens (including phenoxy) is 2. The van der Waals surface area contributed by atoms with Crippen LogP contribution in [-0.4, -0.2) is 48.2 Å². The van der Waals surface area contributed by atoms with Crippen LogP contribution in [0, 0.1) is 0 Å². The van der Waals surface area contributed by atoms with Gasteiger partial charge in [0.2, 0.25) is 0 Å². The fraction of sp³-hybridized carbons (Fsp3) is 0.238. The van der Waals surface area contributed by atoms with Gasteiger partial charge in [-0.15, -0.1) is 0 Å². The van der Waals surface area contributed by atoms with Crippen LogP contribution in [0.25, 0.3) is 0 Å². The number of carbonyl (C=O) groups excluding carboxylic acids is 1. The third-order valence-corrected chi connectivity index (χ3v) is 5.31. The van der Waals surface area contributed by atoms with E-state index in [0.717, 1.165) is 6.26 Å². The van der Waals surface area contributed by atoms with Crippen LogP contribution >= 0.6 is 0 Å². The Balaban J connectivity index is 1.88. The highest BCUT2D eigenvalue weighted by Gasteiger charge is 2.14. The standard InChI is InChI=1S/C21H23N3O6S/c1-14(13-25)29-17-10-15(21(26)22-20-8-9-24(2)23-20)11-18(12-17)30-16-4-6-19(7-5-16)31(3,27)28/h4-12,14,25H,13H2,1-3H3,(H,22,23,26). The average molecular weight is 445 g/mol. The molecule has 3 rings (SSSR count). The van der Waals surface area contributed by atoms with Gasteiger partial charge < -0.3 is 19.9 Å². The molecule has 10 heteroatoms. The lowest BCUT2D eigenvalue weighted by atomic mass is 10.2. The van der Waals surface area contributed by atoms with Gasteiger partial charge in [0.15, 0.2) is 15.7 Å². The summed E-state index contributed by atoms with van der Waals surface area (Å²) in [5, 5.41) is 16.1. The molecule has 0 saturated heterocycles. The largest absolute Gasteiger partial charge is 0.488 e. The van der Waals surface area contributed by atoms with Crippen molar-refractivity contribution in [2.45, 2.75) is 17.9 Å². The van der Waals surface area contributed by atoms with E-state index in [1.54, 1.807) is 37.0 Å². The van der Waals surface area contributed by atoms with Gasteiger partial charge in [-0.1, -0.05) is 0 Å². The fourth-order valence-corrected chi connectivity index (χ4v) is 3.29. The van der Waals surface area contributed by atoms with Crippen LogP contribution in [0.5, 0.6) is 17.2 Å². The van der Waals surface area contributed by atoms with Gasteiger partial charge in [0, 0.05) is 37.2 Å². The second-order valence-corrected chi connectivity index (χ2v) is 8.99. The zero-order chi connectivity index (χ0) is 22.6. The summed E-state index contributed by atoms with van der Waals surface area (Å²) in [6, 6.07) is 12.2. The normalized spacial score (nSPS) is 12.3. The molecule has 2 aromatic carbocycles. The molecule has 164 valence electrons. The van der Waals surface area contributed by atoms with Gasteiger partial charge in [-0.25, -0.2) is 8.42 Å². The second-order valence-electron chi connectivity index (χ2n) is 6.98. The molecule has 2 N–H and O–H groups in total. The predicted molar refractivity (Wildman–Crippen MR) is 114 cm³/mol. The first-order chi connectivity index (χ1) is 14.6. The van der Waals surface area contributed by atoms with Crippen LogP contribution in [0.2, 0.25) is 0 Å². The zero-order valence-corrected chi connectivity index (χ0v) is 18.1. The van der Waals surface area contributed by atoms with Crippen molar-refractivity contribution < 1.29 is 27.8 Å². The summed E-state index contributed by atoms with van der Waals surface area (Å²) in [5.41, 5.74) is 0.260. The maximum Gasteiger partial charge on any atom is 0.257 e. The maximum atomic E-state index is 12.7. The highest BCUT2D eigenvalue weighted by Crippen LogP contribution is 2.29. The van der Waals surface area contributed by atoms with Crippen molar-refractivity contribution >= 4 is 21.6 Å². The number of sulfone groups is 1. The molecular formula is C21H23N3O6S. The molecule has 1 amide bonds. The summed E-state index contributed by atoms with van der Waals surface area (Å²) < 4.78 is 36.3. The molecule has 1 atom stereocenters.